The van der Waals surface area contributed by atoms with Crippen molar-refractivity contribution in [2.75, 3.05) is 18.5 Å². The molecule has 0 aromatic heterocycles. The van der Waals surface area contributed by atoms with E-state index < -0.39 is 0 Å². The first kappa shape index (κ1) is 19.5. The predicted octanol–water partition coefficient (Wildman–Crippen LogP) is 4.31. The van der Waals surface area contributed by atoms with Crippen molar-refractivity contribution in [3.63, 3.8) is 0 Å². The first-order valence-electron chi connectivity index (χ1n) is 8.71. The molecule has 2 rings (SSSR count). The van der Waals surface area contributed by atoms with Crippen LogP contribution in [-0.4, -0.2) is 25.1 Å². The Kier molecular flexibility index (Phi) is 6.78. The molecule has 1 amide bonds. The molecule has 5 nitrogen and oxygen atoms in total. The van der Waals surface area contributed by atoms with E-state index in [0.29, 0.717) is 23.8 Å². The summed E-state index contributed by atoms with van der Waals surface area (Å²) in [7, 11) is 0. The van der Waals surface area contributed by atoms with Gasteiger partial charge in [0.05, 0.1) is 12.2 Å². The van der Waals surface area contributed by atoms with Crippen molar-refractivity contribution in [1.82, 2.24) is 0 Å². The lowest BCUT2D eigenvalue weighted by Crippen LogP contribution is -2.21. The molecule has 138 valence electrons. The summed E-state index contributed by atoms with van der Waals surface area (Å²) in [6.45, 7) is 8.13. The zero-order valence-electron chi connectivity index (χ0n) is 15.7. The molecule has 0 bridgehead atoms. The van der Waals surface area contributed by atoms with E-state index in [2.05, 4.69) is 19.2 Å². The summed E-state index contributed by atoms with van der Waals surface area (Å²) in [4.78, 5) is 23.9. The molecule has 0 heterocycles. The summed E-state index contributed by atoms with van der Waals surface area (Å²) in [5.74, 6) is 0.219. The van der Waals surface area contributed by atoms with Crippen LogP contribution in [0.1, 0.15) is 48.2 Å². The number of esters is 1. The molecule has 0 saturated carbocycles. The second-order valence-electron chi connectivity index (χ2n) is 6.28. The van der Waals surface area contributed by atoms with E-state index in [0.717, 1.165) is 16.8 Å². The number of anilines is 1. The van der Waals surface area contributed by atoms with E-state index in [-0.39, 0.29) is 18.5 Å². The standard InChI is InChI=1S/C21H25NO4/c1-5-25-21(24)16-9-11-17(12-10-16)26-13-19(23)22-20-15(4)7-6-8-18(20)14(2)3/h6-12,14H,5,13H2,1-4H3,(H,22,23). The number of rotatable bonds is 7. The lowest BCUT2D eigenvalue weighted by Gasteiger charge is -2.16. The molecule has 5 heteroatoms. The van der Waals surface area contributed by atoms with Gasteiger partial charge in [0.1, 0.15) is 5.75 Å². The maximum Gasteiger partial charge on any atom is 0.338 e. The summed E-state index contributed by atoms with van der Waals surface area (Å²) < 4.78 is 10.4. The maximum atomic E-state index is 12.3. The van der Waals surface area contributed by atoms with Crippen molar-refractivity contribution in [2.45, 2.75) is 33.6 Å². The Bertz CT molecular complexity index is 766. The molecule has 2 aromatic carbocycles. The van der Waals surface area contributed by atoms with E-state index in [4.69, 9.17) is 9.47 Å². The Balaban J connectivity index is 1.96. The highest BCUT2D eigenvalue weighted by Gasteiger charge is 2.13. The summed E-state index contributed by atoms with van der Waals surface area (Å²) in [6, 6.07) is 12.5. The van der Waals surface area contributed by atoms with Crippen molar-refractivity contribution in [2.24, 2.45) is 0 Å². The number of aryl methyl sites for hydroxylation is 1. The molecule has 0 spiro atoms. The van der Waals surface area contributed by atoms with Crippen molar-refractivity contribution in [1.29, 1.82) is 0 Å². The van der Waals surface area contributed by atoms with Crippen molar-refractivity contribution in [3.8, 4) is 5.75 Å². The minimum atomic E-state index is -0.377. The summed E-state index contributed by atoms with van der Waals surface area (Å²) in [5, 5.41) is 2.94. The number of carbonyl (C=O) groups is 2. The quantitative estimate of drug-likeness (QED) is 0.752. The fourth-order valence-electron chi connectivity index (χ4n) is 2.57. The average Bonchev–Trinajstić information content (AvgIpc) is 2.62. The minimum Gasteiger partial charge on any atom is -0.484 e. The normalized spacial score (nSPS) is 10.5. The van der Waals surface area contributed by atoms with E-state index >= 15 is 0 Å². The number of hydrogen-bond acceptors (Lipinski definition) is 4. The van der Waals surface area contributed by atoms with Crippen LogP contribution in [0.15, 0.2) is 42.5 Å². The highest BCUT2D eigenvalue weighted by atomic mass is 16.5. The van der Waals surface area contributed by atoms with Gasteiger partial charge in [-0.05, 0) is 55.2 Å². The van der Waals surface area contributed by atoms with Crippen molar-refractivity contribution >= 4 is 17.6 Å². The zero-order valence-corrected chi connectivity index (χ0v) is 15.7. The highest BCUT2D eigenvalue weighted by molar-refractivity contribution is 5.93. The van der Waals surface area contributed by atoms with Gasteiger partial charge in [0.15, 0.2) is 6.61 Å². The Labute approximate surface area is 154 Å². The number of carbonyl (C=O) groups excluding carboxylic acids is 2. The predicted molar refractivity (Wildman–Crippen MR) is 102 cm³/mol. The van der Waals surface area contributed by atoms with Gasteiger partial charge in [0, 0.05) is 5.69 Å². The van der Waals surface area contributed by atoms with Crippen LogP contribution in [0.25, 0.3) is 0 Å². The molecular formula is C21H25NO4. The number of para-hydroxylation sites is 1. The van der Waals surface area contributed by atoms with Crippen LogP contribution >= 0.6 is 0 Å². The van der Waals surface area contributed by atoms with E-state index in [1.807, 2.05) is 25.1 Å². The smallest absolute Gasteiger partial charge is 0.338 e. The van der Waals surface area contributed by atoms with Gasteiger partial charge in [-0.15, -0.1) is 0 Å². The van der Waals surface area contributed by atoms with E-state index in [9.17, 15) is 9.59 Å². The van der Waals surface area contributed by atoms with Gasteiger partial charge in [-0.1, -0.05) is 32.0 Å². The molecule has 1 N–H and O–H groups in total. The van der Waals surface area contributed by atoms with Crippen LogP contribution in [-0.2, 0) is 9.53 Å². The molecule has 0 radical (unpaired) electrons. The lowest BCUT2D eigenvalue weighted by molar-refractivity contribution is -0.118. The number of amides is 1. The third-order valence-electron chi connectivity index (χ3n) is 3.93. The molecule has 26 heavy (non-hydrogen) atoms. The number of ether oxygens (including phenoxy) is 2. The van der Waals surface area contributed by atoms with Crippen LogP contribution in [0.4, 0.5) is 5.69 Å². The summed E-state index contributed by atoms with van der Waals surface area (Å²) in [6.07, 6.45) is 0. The molecule has 0 aliphatic carbocycles. The monoisotopic (exact) mass is 355 g/mol. The molecule has 0 unspecified atom stereocenters. The second kappa shape index (κ2) is 9.04. The van der Waals surface area contributed by atoms with Gasteiger partial charge in [-0.25, -0.2) is 4.79 Å². The van der Waals surface area contributed by atoms with Crippen molar-refractivity contribution in [3.05, 3.63) is 59.2 Å². The van der Waals surface area contributed by atoms with Crippen LogP contribution in [0, 0.1) is 6.92 Å². The third kappa shape index (κ3) is 5.09. The Hall–Kier alpha value is -2.82. The molecule has 0 aliphatic heterocycles. The van der Waals surface area contributed by atoms with Gasteiger partial charge >= 0.3 is 5.97 Å². The molecule has 0 atom stereocenters. The molecule has 0 saturated heterocycles. The number of nitrogens with one attached hydrogen (secondary N) is 1. The first-order chi connectivity index (χ1) is 12.4. The molecule has 0 aliphatic rings. The largest absolute Gasteiger partial charge is 0.484 e. The Morgan fingerprint density at radius 2 is 1.77 bits per heavy atom. The van der Waals surface area contributed by atoms with Gasteiger partial charge in [-0.3, -0.25) is 4.79 Å². The topological polar surface area (TPSA) is 64.6 Å². The highest BCUT2D eigenvalue weighted by Crippen LogP contribution is 2.27. The number of benzene rings is 2. The molecule has 0 fully saturated rings. The fraction of sp³-hybridized carbons (Fsp3) is 0.333. The van der Waals surface area contributed by atoms with E-state index in [1.54, 1.807) is 31.2 Å². The van der Waals surface area contributed by atoms with E-state index in [1.165, 1.54) is 0 Å². The van der Waals surface area contributed by atoms with Gasteiger partial charge in [0.2, 0.25) is 0 Å². The first-order valence-corrected chi connectivity index (χ1v) is 8.71. The van der Waals surface area contributed by atoms with Crippen LogP contribution in [0.3, 0.4) is 0 Å². The summed E-state index contributed by atoms with van der Waals surface area (Å²) in [5.41, 5.74) is 3.40. The van der Waals surface area contributed by atoms with Crippen LogP contribution in [0.2, 0.25) is 0 Å². The Morgan fingerprint density at radius 3 is 2.38 bits per heavy atom. The fourth-order valence-corrected chi connectivity index (χ4v) is 2.57. The van der Waals surface area contributed by atoms with Crippen LogP contribution in [0.5, 0.6) is 5.75 Å². The molecule has 2 aromatic rings. The van der Waals surface area contributed by atoms with Gasteiger partial charge < -0.3 is 14.8 Å². The van der Waals surface area contributed by atoms with Gasteiger partial charge in [0.25, 0.3) is 5.91 Å². The van der Waals surface area contributed by atoms with Crippen molar-refractivity contribution < 1.29 is 19.1 Å². The Morgan fingerprint density at radius 1 is 1.08 bits per heavy atom. The SMILES string of the molecule is CCOC(=O)c1ccc(OCC(=O)Nc2c(C)cccc2C(C)C)cc1. The minimum absolute atomic E-state index is 0.107. The zero-order chi connectivity index (χ0) is 19.1. The molecular weight excluding hydrogens is 330 g/mol. The third-order valence-corrected chi connectivity index (χ3v) is 3.93. The van der Waals surface area contributed by atoms with Gasteiger partial charge in [-0.2, -0.15) is 0 Å². The maximum absolute atomic E-state index is 12.3. The second-order valence-corrected chi connectivity index (χ2v) is 6.28. The van der Waals surface area contributed by atoms with Crippen LogP contribution < -0.4 is 10.1 Å². The summed E-state index contributed by atoms with van der Waals surface area (Å²) >= 11 is 0. The number of hydrogen-bond donors (Lipinski definition) is 1. The average molecular weight is 355 g/mol. The lowest BCUT2D eigenvalue weighted by atomic mass is 9.98.